The van der Waals surface area contributed by atoms with E-state index in [9.17, 15) is 4.79 Å². The van der Waals surface area contributed by atoms with E-state index in [1.54, 1.807) is 6.07 Å². The van der Waals surface area contributed by atoms with Crippen LogP contribution in [0.2, 0.25) is 0 Å². The normalized spacial score (nSPS) is 11.6. The lowest BCUT2D eigenvalue weighted by atomic mass is 9.91. The number of nitrogens with one attached hydrogen (secondary N) is 2. The van der Waals surface area contributed by atoms with Gasteiger partial charge in [-0.15, -0.1) is 10.2 Å². The second-order valence-electron chi connectivity index (χ2n) is 5.94. The lowest BCUT2D eigenvalue weighted by Crippen LogP contribution is -2.20. The van der Waals surface area contributed by atoms with Crippen LogP contribution in [-0.4, -0.2) is 26.9 Å². The molecule has 21 heavy (non-hydrogen) atoms. The van der Waals surface area contributed by atoms with Crippen molar-refractivity contribution in [2.24, 2.45) is 0 Å². The minimum atomic E-state index is -0.237. The zero-order valence-electron chi connectivity index (χ0n) is 12.9. The molecule has 0 aliphatic heterocycles. The Hall–Kier alpha value is -1.76. The first-order valence-corrected chi connectivity index (χ1v) is 7.91. The summed E-state index contributed by atoms with van der Waals surface area (Å²) in [6.45, 7) is 9.16. The molecule has 114 valence electrons. The van der Waals surface area contributed by atoms with Gasteiger partial charge in [0.05, 0.1) is 11.3 Å². The zero-order valence-corrected chi connectivity index (χ0v) is 13.7. The molecule has 0 aliphatic rings. The molecule has 0 spiro atoms. The fraction of sp³-hybridized carbons (Fsp3) is 0.571. The maximum Gasteiger partial charge on any atom is 0.274 e. The van der Waals surface area contributed by atoms with Crippen LogP contribution in [0, 0.1) is 0 Å². The van der Waals surface area contributed by atoms with Crippen LogP contribution < -0.4 is 10.9 Å². The van der Waals surface area contributed by atoms with Crippen LogP contribution in [0.1, 0.15) is 46.2 Å². The Kier molecular flexibility index (Phi) is 4.72. The van der Waals surface area contributed by atoms with E-state index in [0.717, 1.165) is 30.2 Å². The van der Waals surface area contributed by atoms with E-state index in [-0.39, 0.29) is 11.0 Å². The van der Waals surface area contributed by atoms with E-state index in [2.05, 4.69) is 53.4 Å². The summed E-state index contributed by atoms with van der Waals surface area (Å²) in [6.07, 6.45) is 2.20. The third-order valence-electron chi connectivity index (χ3n) is 3.03. The predicted octanol–water partition coefficient (Wildman–Crippen LogP) is 2.80. The van der Waals surface area contributed by atoms with Crippen LogP contribution in [0.15, 0.2) is 10.9 Å². The highest BCUT2D eigenvalue weighted by Crippen LogP contribution is 2.26. The second kappa shape index (κ2) is 6.34. The van der Waals surface area contributed by atoms with Crippen molar-refractivity contribution in [2.75, 3.05) is 11.9 Å². The van der Waals surface area contributed by atoms with Gasteiger partial charge >= 0.3 is 0 Å². The van der Waals surface area contributed by atoms with Crippen molar-refractivity contribution in [3.05, 3.63) is 22.1 Å². The van der Waals surface area contributed by atoms with Crippen molar-refractivity contribution in [3.63, 3.8) is 0 Å². The molecule has 2 aromatic rings. The molecule has 7 heteroatoms. The molecule has 2 N–H and O–H groups in total. The molecule has 0 radical (unpaired) electrons. The molecule has 0 bridgehead atoms. The molecule has 0 aliphatic carbocycles. The minimum absolute atomic E-state index is 0.133. The number of hydrogen-bond acceptors (Lipinski definition) is 6. The van der Waals surface area contributed by atoms with Gasteiger partial charge in [0.2, 0.25) is 5.13 Å². The molecular weight excluding hydrogens is 286 g/mol. The van der Waals surface area contributed by atoms with E-state index in [1.165, 1.54) is 11.3 Å². The Morgan fingerprint density at radius 2 is 2.10 bits per heavy atom. The summed E-state index contributed by atoms with van der Waals surface area (Å²) in [6, 6.07) is 1.80. The van der Waals surface area contributed by atoms with Gasteiger partial charge in [0.25, 0.3) is 5.56 Å². The first-order valence-electron chi connectivity index (χ1n) is 7.09. The molecule has 0 saturated heterocycles. The van der Waals surface area contributed by atoms with Crippen molar-refractivity contribution >= 4 is 16.5 Å². The van der Waals surface area contributed by atoms with Crippen molar-refractivity contribution in [1.82, 2.24) is 20.4 Å². The summed E-state index contributed by atoms with van der Waals surface area (Å²) in [7, 11) is 0. The number of nitrogens with zero attached hydrogens (tertiary/aromatic N) is 3. The summed E-state index contributed by atoms with van der Waals surface area (Å²) < 4.78 is 0. The maximum atomic E-state index is 12.0. The highest BCUT2D eigenvalue weighted by Gasteiger charge is 2.19. The van der Waals surface area contributed by atoms with E-state index < -0.39 is 0 Å². The number of rotatable bonds is 5. The molecule has 6 nitrogen and oxygen atoms in total. The average molecular weight is 307 g/mol. The predicted molar refractivity (Wildman–Crippen MR) is 85.9 cm³/mol. The Balaban J connectivity index is 2.27. The summed E-state index contributed by atoms with van der Waals surface area (Å²) in [5.41, 5.74) is 0.981. The van der Waals surface area contributed by atoms with Crippen molar-refractivity contribution < 1.29 is 0 Å². The Morgan fingerprint density at radius 3 is 2.76 bits per heavy atom. The number of aromatic nitrogens is 4. The van der Waals surface area contributed by atoms with Gasteiger partial charge in [-0.05, 0) is 12.5 Å². The average Bonchev–Trinajstić information content (AvgIpc) is 2.87. The van der Waals surface area contributed by atoms with Gasteiger partial charge in [-0.3, -0.25) is 4.79 Å². The van der Waals surface area contributed by atoms with Gasteiger partial charge in [-0.25, -0.2) is 5.10 Å². The fourth-order valence-corrected chi connectivity index (χ4v) is 2.51. The van der Waals surface area contributed by atoms with Gasteiger partial charge in [-0.2, -0.15) is 5.10 Å². The molecule has 2 rings (SSSR count). The van der Waals surface area contributed by atoms with E-state index in [1.807, 2.05) is 0 Å². The third kappa shape index (κ3) is 3.87. The van der Waals surface area contributed by atoms with Crippen molar-refractivity contribution in [3.8, 4) is 10.6 Å². The van der Waals surface area contributed by atoms with Gasteiger partial charge in [0.15, 0.2) is 5.01 Å². The van der Waals surface area contributed by atoms with Crippen LogP contribution in [0.25, 0.3) is 10.6 Å². The second-order valence-corrected chi connectivity index (χ2v) is 6.92. The quantitative estimate of drug-likeness (QED) is 0.830. The SMILES string of the molecule is CCCCNc1nnc(-c2cc(C(C)(C)C)n[nH]c2=O)s1. The summed E-state index contributed by atoms with van der Waals surface area (Å²) >= 11 is 1.39. The topological polar surface area (TPSA) is 83.6 Å². The largest absolute Gasteiger partial charge is 0.360 e. The van der Waals surface area contributed by atoms with E-state index in [0.29, 0.717) is 10.6 Å². The monoisotopic (exact) mass is 307 g/mol. The van der Waals surface area contributed by atoms with Gasteiger partial charge < -0.3 is 5.32 Å². The van der Waals surface area contributed by atoms with Crippen LogP contribution in [0.5, 0.6) is 0 Å². The lowest BCUT2D eigenvalue weighted by molar-refractivity contribution is 0.557. The highest BCUT2D eigenvalue weighted by atomic mass is 32.1. The molecule has 0 aromatic carbocycles. The van der Waals surface area contributed by atoms with Crippen molar-refractivity contribution in [2.45, 2.75) is 46.0 Å². The number of anilines is 1. The van der Waals surface area contributed by atoms with Crippen molar-refractivity contribution in [1.29, 1.82) is 0 Å². The lowest BCUT2D eigenvalue weighted by Gasteiger charge is -2.16. The van der Waals surface area contributed by atoms with Gasteiger partial charge in [0, 0.05) is 12.0 Å². The molecular formula is C14H21N5OS. The van der Waals surface area contributed by atoms with Crippen LogP contribution >= 0.6 is 11.3 Å². The van der Waals surface area contributed by atoms with Crippen LogP contribution in [0.4, 0.5) is 5.13 Å². The molecule has 2 heterocycles. The fourth-order valence-electron chi connectivity index (χ4n) is 1.72. The molecule has 0 saturated carbocycles. The maximum absolute atomic E-state index is 12.0. The summed E-state index contributed by atoms with van der Waals surface area (Å²) in [5.74, 6) is 0. The van der Waals surface area contributed by atoms with Crippen LogP contribution in [-0.2, 0) is 5.41 Å². The number of unbranched alkanes of at least 4 members (excludes halogenated alkanes) is 1. The Bertz CT molecular complexity index is 656. The molecule has 0 unspecified atom stereocenters. The molecule has 2 aromatic heterocycles. The molecule has 0 atom stereocenters. The molecule has 0 amide bonds. The Morgan fingerprint density at radius 1 is 1.33 bits per heavy atom. The highest BCUT2D eigenvalue weighted by molar-refractivity contribution is 7.18. The number of aromatic amines is 1. The van der Waals surface area contributed by atoms with Gasteiger partial charge in [-0.1, -0.05) is 45.5 Å². The smallest absolute Gasteiger partial charge is 0.274 e. The van der Waals surface area contributed by atoms with Crippen LogP contribution in [0.3, 0.4) is 0 Å². The summed E-state index contributed by atoms with van der Waals surface area (Å²) in [5, 5.41) is 19.4. The third-order valence-corrected chi connectivity index (χ3v) is 3.95. The minimum Gasteiger partial charge on any atom is -0.360 e. The standard InChI is InChI=1S/C14H21N5OS/c1-5-6-7-15-13-19-18-12(21-13)9-8-10(14(2,3)4)16-17-11(9)20/h8H,5-7H2,1-4H3,(H,15,19)(H,17,20). The molecule has 0 fully saturated rings. The summed E-state index contributed by atoms with van der Waals surface area (Å²) in [4.78, 5) is 12.0. The Labute approximate surface area is 128 Å². The number of H-pyrrole nitrogens is 1. The number of hydrogen-bond donors (Lipinski definition) is 2. The first kappa shape index (κ1) is 15.6. The van der Waals surface area contributed by atoms with Gasteiger partial charge in [0.1, 0.15) is 0 Å². The zero-order chi connectivity index (χ0) is 15.5. The van der Waals surface area contributed by atoms with E-state index >= 15 is 0 Å². The first-order chi connectivity index (χ1) is 9.91. The van der Waals surface area contributed by atoms with E-state index in [4.69, 9.17) is 0 Å².